The van der Waals surface area contributed by atoms with Crippen molar-refractivity contribution in [3.05, 3.63) is 29.8 Å². The number of ether oxygens (including phenoxy) is 1. The van der Waals surface area contributed by atoms with Crippen molar-refractivity contribution in [1.82, 2.24) is 9.21 Å². The van der Waals surface area contributed by atoms with Gasteiger partial charge in [-0.05, 0) is 75.9 Å². The Labute approximate surface area is 187 Å². The number of hydrogen-bond donors (Lipinski definition) is 1. The molecule has 6 nitrogen and oxygen atoms in total. The first kappa shape index (κ1) is 24.2. The second-order valence-corrected chi connectivity index (χ2v) is 11.0. The number of hydrogen-bond acceptors (Lipinski definition) is 5. The molecule has 0 bridgehead atoms. The van der Waals surface area contributed by atoms with E-state index in [0.717, 1.165) is 44.3 Å². The number of nitrogens with zero attached hydrogens (tertiary/aromatic N) is 2. The Bertz CT molecular complexity index is 884. The summed E-state index contributed by atoms with van der Waals surface area (Å²) in [6, 6.07) is 5.02. The summed E-state index contributed by atoms with van der Waals surface area (Å²) in [5.41, 5.74) is 2.31. The standard InChI is InChI=1S/C24H38N2O4S/c1-5-13-25(4)16-23-18(2)15-26(19(3)17-27)31(28,29)24-12-11-21(14-22(24)30-23)20-9-7-6-8-10-20/h9,11-12,14,18-19,23,27H,5-8,10,13,15-17H2,1-4H3/t18-,19+,23+/m0/s1. The van der Waals surface area contributed by atoms with Gasteiger partial charge >= 0.3 is 0 Å². The zero-order chi connectivity index (χ0) is 22.6. The molecule has 0 saturated heterocycles. The van der Waals surface area contributed by atoms with Gasteiger partial charge in [-0.25, -0.2) is 8.42 Å². The van der Waals surface area contributed by atoms with Crippen LogP contribution in [0, 0.1) is 5.92 Å². The van der Waals surface area contributed by atoms with Crippen LogP contribution in [0.4, 0.5) is 0 Å². The largest absolute Gasteiger partial charge is 0.487 e. The van der Waals surface area contributed by atoms with Gasteiger partial charge in [-0.2, -0.15) is 4.31 Å². The summed E-state index contributed by atoms with van der Waals surface area (Å²) in [5, 5.41) is 9.76. The van der Waals surface area contributed by atoms with Crippen LogP contribution in [0.2, 0.25) is 0 Å². The SMILES string of the molecule is CCCN(C)C[C@H]1Oc2cc(C3=CCCCC3)ccc2S(=O)(=O)N([C@H](C)CO)C[C@@H]1C. The second-order valence-electron chi connectivity index (χ2n) is 9.14. The molecule has 0 fully saturated rings. The van der Waals surface area contributed by atoms with Crippen LogP contribution in [0.25, 0.3) is 5.57 Å². The topological polar surface area (TPSA) is 70.1 Å². The summed E-state index contributed by atoms with van der Waals surface area (Å²) >= 11 is 0. The van der Waals surface area contributed by atoms with E-state index < -0.39 is 16.1 Å². The summed E-state index contributed by atoms with van der Waals surface area (Å²) in [6.07, 6.45) is 7.61. The monoisotopic (exact) mass is 450 g/mol. The maximum atomic E-state index is 13.6. The molecule has 174 valence electrons. The van der Waals surface area contributed by atoms with Crippen molar-refractivity contribution < 1.29 is 18.3 Å². The van der Waals surface area contributed by atoms with Crippen molar-refractivity contribution in [1.29, 1.82) is 0 Å². The van der Waals surface area contributed by atoms with E-state index in [1.165, 1.54) is 16.3 Å². The third-order valence-corrected chi connectivity index (χ3v) is 8.45. The van der Waals surface area contributed by atoms with Crippen molar-refractivity contribution >= 4 is 15.6 Å². The minimum absolute atomic E-state index is 0.0196. The van der Waals surface area contributed by atoms with Crippen molar-refractivity contribution in [2.45, 2.75) is 69.9 Å². The maximum Gasteiger partial charge on any atom is 0.247 e. The summed E-state index contributed by atoms with van der Waals surface area (Å²) in [5.74, 6) is 0.411. The number of rotatable bonds is 7. The average molecular weight is 451 g/mol. The molecule has 0 saturated carbocycles. The number of likely N-dealkylation sites (N-methyl/N-ethyl adjacent to an activating group) is 1. The van der Waals surface area contributed by atoms with E-state index in [1.54, 1.807) is 13.0 Å². The molecule has 31 heavy (non-hydrogen) atoms. The molecule has 0 unspecified atom stereocenters. The van der Waals surface area contributed by atoms with Crippen molar-refractivity contribution in [3.63, 3.8) is 0 Å². The Morgan fingerprint density at radius 2 is 2.10 bits per heavy atom. The minimum Gasteiger partial charge on any atom is -0.487 e. The lowest BCUT2D eigenvalue weighted by atomic mass is 9.93. The predicted molar refractivity (Wildman–Crippen MR) is 125 cm³/mol. The van der Waals surface area contributed by atoms with Crippen LogP contribution in [-0.4, -0.2) is 68.2 Å². The van der Waals surface area contributed by atoms with Crippen molar-refractivity contribution in [2.24, 2.45) is 5.92 Å². The third kappa shape index (κ3) is 5.51. The lowest BCUT2D eigenvalue weighted by Crippen LogP contribution is -2.49. The van der Waals surface area contributed by atoms with Crippen LogP contribution in [0.5, 0.6) is 5.75 Å². The zero-order valence-corrected chi connectivity index (χ0v) is 20.2. The molecule has 1 N–H and O–H groups in total. The molecular formula is C24H38N2O4S. The van der Waals surface area contributed by atoms with E-state index in [9.17, 15) is 13.5 Å². The van der Waals surface area contributed by atoms with Crippen LogP contribution < -0.4 is 4.74 Å². The summed E-state index contributed by atoms with van der Waals surface area (Å²) < 4.78 is 35.0. The molecule has 1 aliphatic carbocycles. The van der Waals surface area contributed by atoms with Gasteiger partial charge in [0.05, 0.1) is 6.61 Å². The van der Waals surface area contributed by atoms with Crippen LogP contribution >= 0.6 is 0 Å². The third-order valence-electron chi connectivity index (χ3n) is 6.43. The average Bonchev–Trinajstić information content (AvgIpc) is 2.76. The molecular weight excluding hydrogens is 412 g/mol. The Morgan fingerprint density at radius 3 is 2.74 bits per heavy atom. The van der Waals surface area contributed by atoms with Gasteiger partial charge < -0.3 is 14.7 Å². The maximum absolute atomic E-state index is 13.6. The van der Waals surface area contributed by atoms with Crippen LogP contribution in [0.1, 0.15) is 58.4 Å². The molecule has 3 atom stereocenters. The van der Waals surface area contributed by atoms with Gasteiger partial charge in [-0.15, -0.1) is 0 Å². The highest BCUT2D eigenvalue weighted by Crippen LogP contribution is 2.37. The second kappa shape index (κ2) is 10.5. The molecule has 1 aromatic rings. The number of aliphatic hydroxyl groups is 1. The normalized spacial score (nSPS) is 25.2. The zero-order valence-electron chi connectivity index (χ0n) is 19.4. The smallest absolute Gasteiger partial charge is 0.247 e. The molecule has 3 rings (SSSR count). The lowest BCUT2D eigenvalue weighted by molar-refractivity contribution is 0.0752. The van der Waals surface area contributed by atoms with E-state index >= 15 is 0 Å². The Morgan fingerprint density at radius 1 is 1.32 bits per heavy atom. The Hall–Kier alpha value is -1.41. The van der Waals surface area contributed by atoms with Gasteiger partial charge in [-0.1, -0.05) is 26.0 Å². The summed E-state index contributed by atoms with van der Waals surface area (Å²) in [4.78, 5) is 2.44. The van der Waals surface area contributed by atoms with Gasteiger partial charge in [-0.3, -0.25) is 0 Å². The van der Waals surface area contributed by atoms with Crippen LogP contribution in [-0.2, 0) is 10.0 Å². The number of allylic oxidation sites excluding steroid dienone is 2. The highest BCUT2D eigenvalue weighted by molar-refractivity contribution is 7.89. The summed E-state index contributed by atoms with van der Waals surface area (Å²) in [7, 11) is -1.70. The van der Waals surface area contributed by atoms with E-state index in [-0.39, 0.29) is 23.5 Å². The van der Waals surface area contributed by atoms with Gasteiger partial charge in [0.1, 0.15) is 16.7 Å². The number of sulfonamides is 1. The fourth-order valence-electron chi connectivity index (χ4n) is 4.52. The molecule has 1 aliphatic heterocycles. The molecule has 0 amide bonds. The Balaban J connectivity index is 2.06. The van der Waals surface area contributed by atoms with Crippen molar-refractivity contribution in [2.75, 3.05) is 33.3 Å². The molecule has 7 heteroatoms. The van der Waals surface area contributed by atoms with E-state index in [2.05, 4.69) is 24.9 Å². The molecule has 0 radical (unpaired) electrons. The van der Waals surface area contributed by atoms with E-state index in [4.69, 9.17) is 4.74 Å². The first-order chi connectivity index (χ1) is 14.8. The van der Waals surface area contributed by atoms with Gasteiger partial charge in [0.25, 0.3) is 0 Å². The number of benzene rings is 1. The summed E-state index contributed by atoms with van der Waals surface area (Å²) in [6.45, 7) is 7.73. The van der Waals surface area contributed by atoms with Crippen LogP contribution in [0.3, 0.4) is 0 Å². The number of fused-ring (bicyclic) bond motifs is 1. The van der Waals surface area contributed by atoms with E-state index in [0.29, 0.717) is 12.3 Å². The van der Waals surface area contributed by atoms with Gasteiger partial charge in [0.15, 0.2) is 0 Å². The van der Waals surface area contributed by atoms with E-state index in [1.807, 2.05) is 19.1 Å². The predicted octanol–water partition coefficient (Wildman–Crippen LogP) is 3.75. The van der Waals surface area contributed by atoms with Gasteiger partial charge in [0, 0.05) is 25.0 Å². The number of aliphatic hydroxyl groups excluding tert-OH is 1. The molecule has 1 aromatic carbocycles. The fraction of sp³-hybridized carbons (Fsp3) is 0.667. The van der Waals surface area contributed by atoms with Crippen LogP contribution in [0.15, 0.2) is 29.2 Å². The first-order valence-electron chi connectivity index (χ1n) is 11.6. The molecule has 0 spiro atoms. The Kier molecular flexibility index (Phi) is 8.19. The molecule has 2 aliphatic rings. The highest BCUT2D eigenvalue weighted by atomic mass is 32.2. The lowest BCUT2D eigenvalue weighted by Gasteiger charge is -2.37. The molecule has 0 aromatic heterocycles. The quantitative estimate of drug-likeness (QED) is 0.685. The molecule has 1 heterocycles. The first-order valence-corrected chi connectivity index (χ1v) is 13.0. The minimum atomic E-state index is -3.78. The fourth-order valence-corrected chi connectivity index (χ4v) is 6.35. The van der Waals surface area contributed by atoms with Crippen molar-refractivity contribution in [3.8, 4) is 5.75 Å². The van der Waals surface area contributed by atoms with Gasteiger partial charge in [0.2, 0.25) is 10.0 Å². The highest BCUT2D eigenvalue weighted by Gasteiger charge is 2.38.